The van der Waals surface area contributed by atoms with E-state index in [1.165, 1.54) is 5.56 Å². The minimum Gasteiger partial charge on any atom is -0.346 e. The molecule has 5 nitrogen and oxygen atoms in total. The third-order valence-electron chi connectivity index (χ3n) is 5.91. The Balaban J connectivity index is 1.75. The second-order valence-electron chi connectivity index (χ2n) is 8.99. The number of hydrogen-bond donors (Lipinski definition) is 0. The summed E-state index contributed by atoms with van der Waals surface area (Å²) in [4.78, 5) is 41.1. The second kappa shape index (κ2) is 11.9. The highest BCUT2D eigenvalue weighted by atomic mass is 16.2. The number of ketones is 1. The SMILES string of the molecule is CCCCN(C)C(=O)C1CCN(C(=O)CCC(=O)c2ccc(CC(C)C)cc2)CC1. The average molecular weight is 415 g/mol. The summed E-state index contributed by atoms with van der Waals surface area (Å²) in [6.45, 7) is 8.48. The molecule has 0 saturated carbocycles. The Bertz CT molecular complexity index is 704. The molecule has 1 saturated heterocycles. The zero-order chi connectivity index (χ0) is 22.1. The standard InChI is InChI=1S/C25H38N2O3/c1-5-6-15-26(4)25(30)22-13-16-27(17-14-22)24(29)12-11-23(28)21-9-7-20(8-10-21)18-19(2)3/h7-10,19,22H,5-6,11-18H2,1-4H3. The molecule has 1 fully saturated rings. The third-order valence-corrected chi connectivity index (χ3v) is 5.91. The Morgan fingerprint density at radius 3 is 2.27 bits per heavy atom. The van der Waals surface area contributed by atoms with Crippen molar-refractivity contribution in [3.05, 3.63) is 35.4 Å². The van der Waals surface area contributed by atoms with Crippen molar-refractivity contribution in [3.8, 4) is 0 Å². The zero-order valence-electron chi connectivity index (χ0n) is 19.2. The number of likely N-dealkylation sites (tertiary alicyclic amines) is 1. The van der Waals surface area contributed by atoms with Gasteiger partial charge in [-0.15, -0.1) is 0 Å². The molecule has 0 bridgehead atoms. The van der Waals surface area contributed by atoms with E-state index < -0.39 is 0 Å². The highest BCUT2D eigenvalue weighted by Crippen LogP contribution is 2.21. The quantitative estimate of drug-likeness (QED) is 0.535. The smallest absolute Gasteiger partial charge is 0.225 e. The van der Waals surface area contributed by atoms with Crippen LogP contribution in [0.1, 0.15) is 75.2 Å². The van der Waals surface area contributed by atoms with E-state index in [0.717, 1.165) is 25.8 Å². The van der Waals surface area contributed by atoms with Gasteiger partial charge in [0, 0.05) is 51.0 Å². The first kappa shape index (κ1) is 24.1. The summed E-state index contributed by atoms with van der Waals surface area (Å²) < 4.78 is 0. The lowest BCUT2D eigenvalue weighted by atomic mass is 9.94. The minimum atomic E-state index is 0.0156. The maximum absolute atomic E-state index is 12.5. The van der Waals surface area contributed by atoms with Crippen molar-refractivity contribution in [3.63, 3.8) is 0 Å². The van der Waals surface area contributed by atoms with Gasteiger partial charge in [0.1, 0.15) is 0 Å². The van der Waals surface area contributed by atoms with E-state index in [0.29, 0.717) is 37.4 Å². The Kier molecular flexibility index (Phi) is 9.54. The van der Waals surface area contributed by atoms with E-state index >= 15 is 0 Å². The average Bonchev–Trinajstić information content (AvgIpc) is 2.75. The maximum atomic E-state index is 12.5. The molecule has 0 atom stereocenters. The fourth-order valence-corrected chi connectivity index (χ4v) is 4.01. The highest BCUT2D eigenvalue weighted by Gasteiger charge is 2.29. The summed E-state index contributed by atoms with van der Waals surface area (Å²) in [5.41, 5.74) is 1.91. The summed E-state index contributed by atoms with van der Waals surface area (Å²) in [6, 6.07) is 7.76. The Morgan fingerprint density at radius 1 is 1.07 bits per heavy atom. The number of piperidine rings is 1. The summed E-state index contributed by atoms with van der Waals surface area (Å²) in [5, 5.41) is 0. The molecule has 1 aromatic rings. The van der Waals surface area contributed by atoms with Gasteiger partial charge in [-0.3, -0.25) is 14.4 Å². The van der Waals surface area contributed by atoms with E-state index in [1.54, 1.807) is 0 Å². The predicted molar refractivity (Wildman–Crippen MR) is 120 cm³/mol. The van der Waals surface area contributed by atoms with Gasteiger partial charge in [0.25, 0.3) is 0 Å². The maximum Gasteiger partial charge on any atom is 0.225 e. The van der Waals surface area contributed by atoms with E-state index in [1.807, 2.05) is 41.1 Å². The van der Waals surface area contributed by atoms with Crippen molar-refractivity contribution in [1.82, 2.24) is 9.80 Å². The summed E-state index contributed by atoms with van der Waals surface area (Å²) in [7, 11) is 1.87. The van der Waals surface area contributed by atoms with Crippen LogP contribution in [-0.4, -0.2) is 54.1 Å². The number of hydrogen-bond acceptors (Lipinski definition) is 3. The van der Waals surface area contributed by atoms with Gasteiger partial charge in [0.2, 0.25) is 11.8 Å². The lowest BCUT2D eigenvalue weighted by Crippen LogP contribution is -2.43. The monoisotopic (exact) mass is 414 g/mol. The first-order valence-corrected chi connectivity index (χ1v) is 11.5. The molecule has 0 aliphatic carbocycles. The molecule has 0 spiro atoms. The van der Waals surface area contributed by atoms with Crippen LogP contribution in [0.15, 0.2) is 24.3 Å². The van der Waals surface area contributed by atoms with Gasteiger partial charge in [0.15, 0.2) is 5.78 Å². The predicted octanol–water partition coefficient (Wildman–Crippen LogP) is 4.35. The molecular weight excluding hydrogens is 376 g/mol. The fraction of sp³-hybridized carbons (Fsp3) is 0.640. The Labute approximate surface area is 181 Å². The van der Waals surface area contributed by atoms with Crippen molar-refractivity contribution in [2.24, 2.45) is 11.8 Å². The normalized spacial score (nSPS) is 14.8. The van der Waals surface area contributed by atoms with Crippen LogP contribution >= 0.6 is 0 Å². The third kappa shape index (κ3) is 7.26. The van der Waals surface area contributed by atoms with Crippen LogP contribution in [0.5, 0.6) is 0 Å². The first-order valence-electron chi connectivity index (χ1n) is 11.5. The minimum absolute atomic E-state index is 0.0156. The van der Waals surface area contributed by atoms with Gasteiger partial charge in [-0.05, 0) is 37.2 Å². The van der Waals surface area contributed by atoms with Crippen molar-refractivity contribution < 1.29 is 14.4 Å². The summed E-state index contributed by atoms with van der Waals surface area (Å²) >= 11 is 0. The van der Waals surface area contributed by atoms with Crippen LogP contribution in [0.4, 0.5) is 0 Å². The van der Waals surface area contributed by atoms with Crippen LogP contribution in [0, 0.1) is 11.8 Å². The molecule has 2 amide bonds. The number of unbranched alkanes of at least 4 members (excludes halogenated alkanes) is 1. The van der Waals surface area contributed by atoms with Crippen molar-refractivity contribution in [1.29, 1.82) is 0 Å². The van der Waals surface area contributed by atoms with Gasteiger partial charge >= 0.3 is 0 Å². The number of nitrogens with zero attached hydrogens (tertiary/aromatic N) is 2. The topological polar surface area (TPSA) is 57.7 Å². The van der Waals surface area contributed by atoms with Gasteiger partial charge in [-0.2, -0.15) is 0 Å². The zero-order valence-corrected chi connectivity index (χ0v) is 19.2. The largest absolute Gasteiger partial charge is 0.346 e. The van der Waals surface area contributed by atoms with Crippen molar-refractivity contribution >= 4 is 17.6 Å². The number of rotatable bonds is 10. The lowest BCUT2D eigenvalue weighted by Gasteiger charge is -2.33. The van der Waals surface area contributed by atoms with Gasteiger partial charge < -0.3 is 9.80 Å². The van der Waals surface area contributed by atoms with E-state index in [9.17, 15) is 14.4 Å². The molecule has 166 valence electrons. The summed E-state index contributed by atoms with van der Waals surface area (Å²) in [5.74, 6) is 0.834. The Morgan fingerprint density at radius 2 is 1.70 bits per heavy atom. The molecule has 5 heteroatoms. The van der Waals surface area contributed by atoms with Crippen molar-refractivity contribution in [2.75, 3.05) is 26.7 Å². The molecule has 1 heterocycles. The van der Waals surface area contributed by atoms with E-state index in [4.69, 9.17) is 0 Å². The van der Waals surface area contributed by atoms with Gasteiger partial charge in [-0.1, -0.05) is 51.5 Å². The van der Waals surface area contributed by atoms with Crippen molar-refractivity contribution in [2.45, 2.75) is 65.7 Å². The van der Waals surface area contributed by atoms with Crippen LogP contribution in [0.25, 0.3) is 0 Å². The lowest BCUT2D eigenvalue weighted by molar-refractivity contribution is -0.139. The number of carbonyl (C=O) groups is 3. The van der Waals surface area contributed by atoms with Gasteiger partial charge in [0.05, 0.1) is 0 Å². The first-order chi connectivity index (χ1) is 14.3. The molecule has 1 aromatic carbocycles. The van der Waals surface area contributed by atoms with Crippen LogP contribution in [0.3, 0.4) is 0 Å². The van der Waals surface area contributed by atoms with E-state index in [-0.39, 0.29) is 36.4 Å². The molecule has 1 aliphatic heterocycles. The molecular formula is C25H38N2O3. The number of amides is 2. The van der Waals surface area contributed by atoms with Gasteiger partial charge in [-0.25, -0.2) is 0 Å². The molecule has 1 aliphatic rings. The molecule has 0 radical (unpaired) electrons. The van der Waals surface area contributed by atoms with Crippen LogP contribution in [0.2, 0.25) is 0 Å². The van der Waals surface area contributed by atoms with E-state index in [2.05, 4.69) is 20.8 Å². The second-order valence-corrected chi connectivity index (χ2v) is 8.99. The van der Waals surface area contributed by atoms with Crippen LogP contribution in [-0.2, 0) is 16.0 Å². The number of benzene rings is 1. The Hall–Kier alpha value is -2.17. The van der Waals surface area contributed by atoms with Crippen LogP contribution < -0.4 is 0 Å². The number of Topliss-reactive ketones (excluding diaryl/α,β-unsaturated/α-hetero) is 1. The molecule has 30 heavy (non-hydrogen) atoms. The summed E-state index contributed by atoms with van der Waals surface area (Å²) in [6.07, 6.45) is 5.00. The fourth-order valence-electron chi connectivity index (χ4n) is 4.01. The highest BCUT2D eigenvalue weighted by molar-refractivity contribution is 5.98. The molecule has 2 rings (SSSR count). The molecule has 0 aromatic heterocycles. The number of carbonyl (C=O) groups excluding carboxylic acids is 3. The molecule has 0 unspecified atom stereocenters. The molecule has 0 N–H and O–H groups in total.